The molecule has 2 aromatic heterocycles. The van der Waals surface area contributed by atoms with E-state index in [2.05, 4.69) is 31.5 Å². The van der Waals surface area contributed by atoms with Crippen LogP contribution in [0.15, 0.2) is 78.9 Å². The fourth-order valence-corrected chi connectivity index (χ4v) is 4.37. The van der Waals surface area contributed by atoms with Crippen LogP contribution >= 0.6 is 0 Å². The van der Waals surface area contributed by atoms with Gasteiger partial charge in [-0.2, -0.15) is 5.10 Å². The summed E-state index contributed by atoms with van der Waals surface area (Å²) in [5.74, 6) is -0.294. The van der Waals surface area contributed by atoms with Crippen molar-refractivity contribution in [1.29, 1.82) is 0 Å². The van der Waals surface area contributed by atoms with Crippen molar-refractivity contribution >= 4 is 16.8 Å². The van der Waals surface area contributed by atoms with Gasteiger partial charge in [-0.25, -0.2) is 4.39 Å². The molecule has 1 amide bonds. The van der Waals surface area contributed by atoms with Gasteiger partial charge >= 0.3 is 0 Å². The first-order valence-corrected chi connectivity index (χ1v) is 12.2. The highest BCUT2D eigenvalue weighted by Crippen LogP contribution is 2.26. The maximum Gasteiger partial charge on any atom is 0.251 e. The lowest BCUT2D eigenvalue weighted by Gasteiger charge is -2.24. The van der Waals surface area contributed by atoms with Crippen LogP contribution in [-0.4, -0.2) is 51.7 Å². The summed E-state index contributed by atoms with van der Waals surface area (Å²) in [6, 6.07) is 9.59. The summed E-state index contributed by atoms with van der Waals surface area (Å²) in [7, 11) is 0. The Morgan fingerprint density at radius 1 is 1.23 bits per heavy atom. The molecule has 0 saturated carbocycles. The molecule has 1 aliphatic rings. The smallest absolute Gasteiger partial charge is 0.251 e. The van der Waals surface area contributed by atoms with Crippen molar-refractivity contribution < 1.29 is 9.18 Å². The Balaban J connectivity index is 1.37. The van der Waals surface area contributed by atoms with E-state index in [0.717, 1.165) is 67.5 Å². The minimum atomic E-state index is -0.235. The van der Waals surface area contributed by atoms with Crippen molar-refractivity contribution in [2.45, 2.75) is 38.6 Å². The number of likely N-dealkylation sites (tertiary alicyclic amines) is 1. The van der Waals surface area contributed by atoms with E-state index in [1.165, 1.54) is 12.2 Å². The normalized spacial score (nSPS) is 17.9. The first kappa shape index (κ1) is 24.5. The molecule has 3 aromatic rings. The summed E-state index contributed by atoms with van der Waals surface area (Å²) in [4.78, 5) is 19.6. The molecule has 7 heteroatoms. The first-order valence-electron chi connectivity index (χ1n) is 12.2. The molecule has 0 spiro atoms. The van der Waals surface area contributed by atoms with E-state index < -0.39 is 0 Å². The highest BCUT2D eigenvalue weighted by Gasteiger charge is 2.20. The Labute approximate surface area is 205 Å². The number of aromatic amines is 1. The number of fused-ring (bicyclic) bond motifs is 1. The molecule has 0 radical (unpaired) electrons. The van der Waals surface area contributed by atoms with Crippen LogP contribution in [0.2, 0.25) is 0 Å². The molecular weight excluding hydrogens is 441 g/mol. The van der Waals surface area contributed by atoms with Crippen molar-refractivity contribution in [2.75, 3.05) is 19.6 Å². The van der Waals surface area contributed by atoms with Gasteiger partial charge in [0.25, 0.3) is 5.91 Å². The molecule has 35 heavy (non-hydrogen) atoms. The van der Waals surface area contributed by atoms with E-state index in [4.69, 9.17) is 0 Å². The predicted molar refractivity (Wildman–Crippen MR) is 139 cm³/mol. The number of H-pyrrole nitrogens is 1. The first-order chi connectivity index (χ1) is 17.1. The minimum Gasteiger partial charge on any atom is -0.348 e. The largest absolute Gasteiger partial charge is 0.348 e. The zero-order valence-corrected chi connectivity index (χ0v) is 20.1. The number of carbonyl (C=O) groups excluding carboxylic acids is 1. The lowest BCUT2D eigenvalue weighted by molar-refractivity contribution is 0.0926. The lowest BCUT2D eigenvalue weighted by atomic mass is 10.1. The summed E-state index contributed by atoms with van der Waals surface area (Å²) in [6.07, 6.45) is 16.1. The number of hydrogen-bond acceptors (Lipinski definition) is 4. The summed E-state index contributed by atoms with van der Waals surface area (Å²) in [6.45, 7) is 4.45. The van der Waals surface area contributed by atoms with Crippen LogP contribution in [0.1, 0.15) is 43.0 Å². The van der Waals surface area contributed by atoms with Crippen LogP contribution in [-0.2, 0) is 0 Å². The highest BCUT2D eigenvalue weighted by atomic mass is 19.1. The number of carbonyl (C=O) groups is 1. The van der Waals surface area contributed by atoms with Crippen molar-refractivity contribution in [3.63, 3.8) is 0 Å². The van der Waals surface area contributed by atoms with Crippen LogP contribution in [0.5, 0.6) is 0 Å². The second kappa shape index (κ2) is 12.2. The van der Waals surface area contributed by atoms with Crippen LogP contribution in [0.4, 0.5) is 4.39 Å². The van der Waals surface area contributed by atoms with Gasteiger partial charge in [0.2, 0.25) is 0 Å². The van der Waals surface area contributed by atoms with Gasteiger partial charge in [-0.15, -0.1) is 0 Å². The number of halogens is 1. The molecule has 1 unspecified atom stereocenters. The summed E-state index contributed by atoms with van der Waals surface area (Å²) >= 11 is 0. The van der Waals surface area contributed by atoms with E-state index in [0.29, 0.717) is 5.56 Å². The molecule has 1 atom stereocenters. The van der Waals surface area contributed by atoms with Crippen LogP contribution in [0.3, 0.4) is 0 Å². The fraction of sp³-hybridized carbons (Fsp3) is 0.321. The van der Waals surface area contributed by atoms with Crippen molar-refractivity contribution in [2.24, 2.45) is 0 Å². The number of amides is 1. The van der Waals surface area contributed by atoms with Crippen LogP contribution < -0.4 is 5.32 Å². The van der Waals surface area contributed by atoms with Gasteiger partial charge in [0.05, 0.1) is 5.52 Å². The third kappa shape index (κ3) is 6.73. The maximum absolute atomic E-state index is 13.1. The maximum atomic E-state index is 13.1. The monoisotopic (exact) mass is 473 g/mol. The number of pyridine rings is 1. The molecule has 1 aromatic carbocycles. The van der Waals surface area contributed by atoms with Gasteiger partial charge in [-0.3, -0.25) is 14.9 Å². The Kier molecular flexibility index (Phi) is 8.57. The molecule has 1 saturated heterocycles. The van der Waals surface area contributed by atoms with E-state index in [9.17, 15) is 9.18 Å². The Morgan fingerprint density at radius 2 is 2.09 bits per heavy atom. The number of nitrogens with zero attached hydrogens (tertiary/aromatic N) is 3. The molecule has 2 N–H and O–H groups in total. The van der Waals surface area contributed by atoms with Crippen molar-refractivity contribution in [3.8, 4) is 11.3 Å². The zero-order valence-electron chi connectivity index (χ0n) is 20.1. The number of nitrogens with one attached hydrogen (secondary N) is 2. The third-order valence-electron chi connectivity index (χ3n) is 6.26. The number of benzene rings is 1. The minimum absolute atomic E-state index is 0.0586. The molecular formula is C28H32FN5O. The van der Waals surface area contributed by atoms with Crippen molar-refractivity contribution in [1.82, 2.24) is 25.4 Å². The quantitative estimate of drug-likeness (QED) is 0.419. The average molecular weight is 474 g/mol. The Hall–Kier alpha value is -3.58. The van der Waals surface area contributed by atoms with Gasteiger partial charge in [0.15, 0.2) is 0 Å². The SMILES string of the molecule is C\C=C(F)/C=C\C=C\CCN1CCCCC(NC(=O)c2ccc3[nH]nc(-c4ccncc4)c3c2)C1. The molecule has 4 rings (SSSR count). The molecule has 1 aliphatic heterocycles. The number of rotatable bonds is 8. The number of allylic oxidation sites excluding steroid dienone is 5. The Morgan fingerprint density at radius 3 is 2.91 bits per heavy atom. The van der Waals surface area contributed by atoms with Crippen LogP contribution in [0, 0.1) is 0 Å². The molecule has 1 fully saturated rings. The average Bonchev–Trinajstić information content (AvgIpc) is 3.19. The summed E-state index contributed by atoms with van der Waals surface area (Å²) < 4.78 is 13.1. The van der Waals surface area contributed by atoms with Gasteiger partial charge in [0, 0.05) is 48.0 Å². The number of aromatic nitrogens is 3. The molecule has 0 bridgehead atoms. The van der Waals surface area contributed by atoms with E-state index >= 15 is 0 Å². The highest BCUT2D eigenvalue weighted by molar-refractivity contribution is 6.01. The van der Waals surface area contributed by atoms with Gasteiger partial charge in [-0.05, 0) is 69.1 Å². The molecule has 6 nitrogen and oxygen atoms in total. The molecule has 3 heterocycles. The van der Waals surface area contributed by atoms with E-state index in [1.54, 1.807) is 25.4 Å². The van der Waals surface area contributed by atoms with E-state index in [1.807, 2.05) is 36.4 Å². The Bertz CT molecular complexity index is 1210. The van der Waals surface area contributed by atoms with E-state index in [-0.39, 0.29) is 17.8 Å². The summed E-state index contributed by atoms with van der Waals surface area (Å²) in [5, 5.41) is 11.7. The fourth-order valence-electron chi connectivity index (χ4n) is 4.37. The van der Waals surface area contributed by atoms with Gasteiger partial charge < -0.3 is 10.2 Å². The third-order valence-corrected chi connectivity index (χ3v) is 6.26. The van der Waals surface area contributed by atoms with Crippen LogP contribution in [0.25, 0.3) is 22.2 Å². The number of hydrogen-bond donors (Lipinski definition) is 2. The lowest BCUT2D eigenvalue weighted by Crippen LogP contribution is -2.42. The zero-order chi connectivity index (χ0) is 24.5. The molecule has 182 valence electrons. The van der Waals surface area contributed by atoms with Crippen molar-refractivity contribution in [3.05, 3.63) is 84.5 Å². The second-order valence-corrected chi connectivity index (χ2v) is 8.78. The predicted octanol–water partition coefficient (Wildman–Crippen LogP) is 5.59. The topological polar surface area (TPSA) is 73.9 Å². The van der Waals surface area contributed by atoms with Gasteiger partial charge in [-0.1, -0.05) is 30.7 Å². The van der Waals surface area contributed by atoms with Gasteiger partial charge in [0.1, 0.15) is 11.5 Å². The molecule has 0 aliphatic carbocycles. The summed E-state index contributed by atoms with van der Waals surface area (Å²) in [5.41, 5.74) is 3.30. The standard InChI is InChI=1S/C28H32FN5O/c1-2-23(29)9-5-3-4-7-17-34-18-8-6-10-24(20-34)31-28(35)22-11-12-26-25(19-22)27(33-32-26)21-13-15-30-16-14-21/h2-5,9,11-16,19,24H,6-8,10,17-18,20H2,1H3,(H,31,35)(H,32,33)/b4-3+,9-5-,23-2+. The second-order valence-electron chi connectivity index (χ2n) is 8.78.